The van der Waals surface area contributed by atoms with Crippen molar-refractivity contribution in [2.75, 3.05) is 13.7 Å². The number of amides is 3. The summed E-state index contributed by atoms with van der Waals surface area (Å²) in [5.41, 5.74) is 1.31. The minimum absolute atomic E-state index is 0.0864. The fourth-order valence-electron chi connectivity index (χ4n) is 2.04. The summed E-state index contributed by atoms with van der Waals surface area (Å²) in [5.74, 6) is -0.450. The third-order valence-electron chi connectivity index (χ3n) is 3.66. The lowest BCUT2D eigenvalue weighted by atomic mass is 9.87. The van der Waals surface area contributed by atoms with E-state index in [1.807, 2.05) is 29.6 Å². The quantitative estimate of drug-likeness (QED) is 0.573. The Labute approximate surface area is 154 Å². The molecule has 1 aromatic rings. The summed E-state index contributed by atoms with van der Waals surface area (Å²) in [6.45, 7) is 8.20. The van der Waals surface area contributed by atoms with E-state index >= 15 is 0 Å². The van der Waals surface area contributed by atoms with Gasteiger partial charge in [-0.1, -0.05) is 32.9 Å². The Hall–Kier alpha value is -2.57. The van der Waals surface area contributed by atoms with E-state index in [0.717, 1.165) is 5.75 Å². The summed E-state index contributed by atoms with van der Waals surface area (Å²) in [4.78, 5) is 34.3. The molecule has 0 radical (unpaired) electrons. The number of ether oxygens (including phenoxy) is 2. The maximum absolute atomic E-state index is 11.7. The monoisotopic (exact) mass is 364 g/mol. The maximum Gasteiger partial charge on any atom is 0.321 e. The second kappa shape index (κ2) is 9.79. The first-order valence-electron chi connectivity index (χ1n) is 8.59. The molecule has 7 nitrogen and oxygen atoms in total. The molecule has 144 valence electrons. The van der Waals surface area contributed by atoms with Crippen LogP contribution in [0.3, 0.4) is 0 Å². The topological polar surface area (TPSA) is 93.7 Å². The normalized spacial score (nSPS) is 12.0. The maximum atomic E-state index is 11.7. The van der Waals surface area contributed by atoms with E-state index in [1.165, 1.54) is 19.5 Å². The number of hydrogen-bond acceptors (Lipinski definition) is 5. The first kappa shape index (κ1) is 21.5. The molecule has 1 aromatic carbocycles. The molecule has 0 aromatic heterocycles. The third-order valence-corrected chi connectivity index (χ3v) is 3.66. The molecule has 1 atom stereocenters. The lowest BCUT2D eigenvalue weighted by Gasteiger charge is -2.19. The first-order chi connectivity index (χ1) is 12.1. The number of urea groups is 1. The van der Waals surface area contributed by atoms with Crippen LogP contribution in [0.2, 0.25) is 0 Å². The van der Waals surface area contributed by atoms with Gasteiger partial charge in [-0.15, -0.1) is 0 Å². The van der Waals surface area contributed by atoms with Crippen molar-refractivity contribution in [2.45, 2.75) is 52.1 Å². The molecule has 0 aliphatic carbocycles. The molecule has 0 fully saturated rings. The molecular formula is C19H28N2O5. The van der Waals surface area contributed by atoms with Gasteiger partial charge < -0.3 is 14.8 Å². The molecule has 3 amide bonds. The number of carbonyl (C=O) groups is 3. The molecule has 0 saturated heterocycles. The largest absolute Gasteiger partial charge is 0.494 e. The van der Waals surface area contributed by atoms with E-state index in [0.29, 0.717) is 13.0 Å². The number of carbonyl (C=O) groups excluding carboxylic acids is 3. The molecule has 0 heterocycles. The van der Waals surface area contributed by atoms with Crippen LogP contribution < -0.4 is 15.4 Å². The highest BCUT2D eigenvalue weighted by molar-refractivity contribution is 5.96. The van der Waals surface area contributed by atoms with Crippen molar-refractivity contribution >= 4 is 17.9 Å². The summed E-state index contributed by atoms with van der Waals surface area (Å²) in [7, 11) is 1.38. The van der Waals surface area contributed by atoms with Gasteiger partial charge in [0.1, 0.15) is 5.75 Å². The van der Waals surface area contributed by atoms with Crippen molar-refractivity contribution in [1.82, 2.24) is 10.6 Å². The lowest BCUT2D eigenvalue weighted by Crippen LogP contribution is -2.43. The molecule has 0 aliphatic rings. The van der Waals surface area contributed by atoms with Gasteiger partial charge in [-0.25, -0.2) is 4.79 Å². The second-order valence-electron chi connectivity index (χ2n) is 6.93. The Kier molecular flexibility index (Phi) is 8.09. The van der Waals surface area contributed by atoms with Crippen LogP contribution in [0.15, 0.2) is 24.3 Å². The van der Waals surface area contributed by atoms with Gasteiger partial charge in [-0.3, -0.25) is 14.9 Å². The molecule has 0 aliphatic heterocycles. The van der Waals surface area contributed by atoms with Crippen LogP contribution in [0.1, 0.15) is 46.1 Å². The summed E-state index contributed by atoms with van der Waals surface area (Å²) in [5, 5.41) is 4.29. The smallest absolute Gasteiger partial charge is 0.321 e. The van der Waals surface area contributed by atoms with Crippen molar-refractivity contribution in [3.8, 4) is 5.75 Å². The minimum atomic E-state index is -1.04. The molecule has 26 heavy (non-hydrogen) atoms. The Morgan fingerprint density at radius 3 is 2.27 bits per heavy atom. The van der Waals surface area contributed by atoms with Gasteiger partial charge >= 0.3 is 12.0 Å². The zero-order valence-electron chi connectivity index (χ0n) is 16.0. The zero-order chi connectivity index (χ0) is 19.7. The Morgan fingerprint density at radius 1 is 1.12 bits per heavy atom. The molecule has 0 unspecified atom stereocenters. The van der Waals surface area contributed by atoms with Crippen molar-refractivity contribution < 1.29 is 23.9 Å². The van der Waals surface area contributed by atoms with Crippen LogP contribution in [0, 0.1) is 0 Å². The minimum Gasteiger partial charge on any atom is -0.494 e. The Balaban J connectivity index is 2.29. The predicted molar refractivity (Wildman–Crippen MR) is 98.0 cm³/mol. The van der Waals surface area contributed by atoms with Crippen LogP contribution >= 0.6 is 0 Å². The fourth-order valence-corrected chi connectivity index (χ4v) is 2.04. The van der Waals surface area contributed by atoms with Gasteiger partial charge in [0.05, 0.1) is 6.61 Å². The van der Waals surface area contributed by atoms with Gasteiger partial charge in [-0.05, 0) is 36.5 Å². The lowest BCUT2D eigenvalue weighted by molar-refractivity contribution is -0.154. The number of benzene rings is 1. The number of imide groups is 1. The van der Waals surface area contributed by atoms with Gasteiger partial charge in [0.15, 0.2) is 6.10 Å². The van der Waals surface area contributed by atoms with E-state index in [-0.39, 0.29) is 11.8 Å². The number of rotatable bonds is 7. The van der Waals surface area contributed by atoms with E-state index in [9.17, 15) is 14.4 Å². The van der Waals surface area contributed by atoms with Crippen LogP contribution in [0.25, 0.3) is 0 Å². The molecule has 2 N–H and O–H groups in total. The average molecular weight is 364 g/mol. The van der Waals surface area contributed by atoms with Crippen LogP contribution in [0.5, 0.6) is 5.75 Å². The van der Waals surface area contributed by atoms with Crippen molar-refractivity contribution in [1.29, 1.82) is 0 Å². The second-order valence-corrected chi connectivity index (χ2v) is 6.93. The number of hydrogen-bond donors (Lipinski definition) is 2. The van der Waals surface area contributed by atoms with E-state index in [4.69, 9.17) is 9.47 Å². The highest BCUT2D eigenvalue weighted by Crippen LogP contribution is 2.24. The highest BCUT2D eigenvalue weighted by Gasteiger charge is 2.19. The molecule has 7 heteroatoms. The molecular weight excluding hydrogens is 336 g/mol. The molecule has 0 bridgehead atoms. The Morgan fingerprint density at radius 2 is 1.73 bits per heavy atom. The third kappa shape index (κ3) is 7.55. The molecule has 1 rings (SSSR count). The molecule has 0 spiro atoms. The van der Waals surface area contributed by atoms with Crippen molar-refractivity contribution in [3.63, 3.8) is 0 Å². The summed E-state index contributed by atoms with van der Waals surface area (Å²) >= 11 is 0. The summed E-state index contributed by atoms with van der Waals surface area (Å²) < 4.78 is 10.6. The van der Waals surface area contributed by atoms with Crippen LogP contribution in [-0.4, -0.2) is 37.7 Å². The zero-order valence-corrected chi connectivity index (χ0v) is 16.0. The number of nitrogens with one attached hydrogen (secondary N) is 2. The van der Waals surface area contributed by atoms with Gasteiger partial charge in [0.25, 0.3) is 5.91 Å². The van der Waals surface area contributed by atoms with E-state index in [1.54, 1.807) is 0 Å². The number of esters is 1. The molecule has 0 saturated carbocycles. The standard InChI is InChI=1S/C19H28N2O5/c1-13(17(23)21-18(24)20-5)26-16(22)7-6-12-25-15-10-8-14(9-11-15)19(2,3)4/h8-11,13H,6-7,12H2,1-5H3,(H2,20,21,23,24)/t13-/m0/s1. The summed E-state index contributed by atoms with van der Waals surface area (Å²) in [6, 6.07) is 7.21. The predicted octanol–water partition coefficient (Wildman–Crippen LogP) is 2.53. The van der Waals surface area contributed by atoms with Gasteiger partial charge in [0.2, 0.25) is 0 Å². The summed E-state index contributed by atoms with van der Waals surface area (Å²) in [6.07, 6.45) is -0.452. The highest BCUT2D eigenvalue weighted by atomic mass is 16.5. The van der Waals surface area contributed by atoms with E-state index in [2.05, 4.69) is 26.1 Å². The van der Waals surface area contributed by atoms with E-state index < -0.39 is 24.0 Å². The van der Waals surface area contributed by atoms with Crippen LogP contribution in [-0.2, 0) is 19.7 Å². The van der Waals surface area contributed by atoms with Crippen LogP contribution in [0.4, 0.5) is 4.79 Å². The van der Waals surface area contributed by atoms with Gasteiger partial charge in [0, 0.05) is 13.5 Å². The van der Waals surface area contributed by atoms with Crippen molar-refractivity contribution in [3.05, 3.63) is 29.8 Å². The average Bonchev–Trinajstić information content (AvgIpc) is 2.58. The van der Waals surface area contributed by atoms with Gasteiger partial charge in [-0.2, -0.15) is 0 Å². The SMILES string of the molecule is CNC(=O)NC(=O)[C@H](C)OC(=O)CCCOc1ccc(C(C)(C)C)cc1. The Bertz CT molecular complexity index is 620. The first-order valence-corrected chi connectivity index (χ1v) is 8.59. The fraction of sp³-hybridized carbons (Fsp3) is 0.526. The van der Waals surface area contributed by atoms with Crippen molar-refractivity contribution in [2.24, 2.45) is 0 Å².